The molecule has 0 radical (unpaired) electrons. The average Bonchev–Trinajstić information content (AvgIpc) is 2.64. The molecular formula is C17H25BO3. The minimum absolute atomic E-state index is 0.321. The zero-order valence-corrected chi connectivity index (χ0v) is 13.5. The maximum absolute atomic E-state index is 6.06. The lowest BCUT2D eigenvalue weighted by molar-refractivity contribution is 0.00578. The molecule has 0 saturated carbocycles. The molecule has 0 N–H and O–H groups in total. The van der Waals surface area contributed by atoms with Gasteiger partial charge >= 0.3 is 7.12 Å². The van der Waals surface area contributed by atoms with E-state index in [1.165, 1.54) is 0 Å². The highest BCUT2D eigenvalue weighted by Gasteiger charge is 2.51. The molecule has 0 unspecified atom stereocenters. The molecule has 0 amide bonds. The summed E-state index contributed by atoms with van der Waals surface area (Å²) in [6, 6.07) is 7.95. The van der Waals surface area contributed by atoms with Crippen LogP contribution in [-0.4, -0.2) is 24.9 Å². The second-order valence-electron chi connectivity index (χ2n) is 6.44. The van der Waals surface area contributed by atoms with E-state index in [1.807, 2.05) is 30.3 Å². The maximum Gasteiger partial charge on any atom is 0.494 e. The number of hydrogen-bond acceptors (Lipinski definition) is 3. The topological polar surface area (TPSA) is 27.7 Å². The number of unbranched alkanes of at least 4 members (excludes halogenated alkanes) is 1. The van der Waals surface area contributed by atoms with Gasteiger partial charge in [0.1, 0.15) is 5.75 Å². The van der Waals surface area contributed by atoms with Gasteiger partial charge in [-0.3, -0.25) is 0 Å². The lowest BCUT2D eigenvalue weighted by Gasteiger charge is -2.32. The van der Waals surface area contributed by atoms with E-state index in [1.54, 1.807) is 0 Å². The molecule has 1 aliphatic heterocycles. The highest BCUT2D eigenvalue weighted by Crippen LogP contribution is 2.36. The van der Waals surface area contributed by atoms with E-state index in [0.29, 0.717) is 6.61 Å². The molecule has 1 aromatic rings. The van der Waals surface area contributed by atoms with Gasteiger partial charge in [-0.2, -0.15) is 0 Å². The molecule has 1 fully saturated rings. The zero-order valence-electron chi connectivity index (χ0n) is 13.5. The molecule has 0 atom stereocenters. The van der Waals surface area contributed by atoms with Gasteiger partial charge in [0, 0.05) is 0 Å². The monoisotopic (exact) mass is 288 g/mol. The van der Waals surface area contributed by atoms with Crippen molar-refractivity contribution >= 4 is 12.6 Å². The van der Waals surface area contributed by atoms with Crippen LogP contribution in [-0.2, 0) is 9.31 Å². The van der Waals surface area contributed by atoms with Crippen molar-refractivity contribution in [3.8, 4) is 5.75 Å². The molecule has 2 rings (SSSR count). The van der Waals surface area contributed by atoms with Crippen LogP contribution in [0.3, 0.4) is 0 Å². The predicted molar refractivity (Wildman–Crippen MR) is 87.1 cm³/mol. The normalized spacial score (nSPS) is 19.5. The quantitative estimate of drug-likeness (QED) is 0.456. The second-order valence-corrected chi connectivity index (χ2v) is 6.44. The molecule has 1 saturated heterocycles. The molecule has 1 heterocycles. The van der Waals surface area contributed by atoms with Crippen molar-refractivity contribution in [2.24, 2.45) is 0 Å². The Morgan fingerprint density at radius 3 is 2.48 bits per heavy atom. The molecule has 1 aromatic carbocycles. The van der Waals surface area contributed by atoms with Gasteiger partial charge in [-0.05, 0) is 58.1 Å². The highest BCUT2D eigenvalue weighted by atomic mass is 16.7. The first-order chi connectivity index (χ1) is 9.86. The summed E-state index contributed by atoms with van der Waals surface area (Å²) in [7, 11) is -0.341. The summed E-state index contributed by atoms with van der Waals surface area (Å²) in [6.45, 7) is 12.6. The Balaban J connectivity index is 2.03. The van der Waals surface area contributed by atoms with E-state index in [0.717, 1.165) is 24.1 Å². The van der Waals surface area contributed by atoms with Gasteiger partial charge in [-0.25, -0.2) is 0 Å². The smallest absolute Gasteiger partial charge is 0.494 e. The standard InChI is InChI=1S/C17H25BO3/c1-6-7-8-12-19-15-11-9-10-14(13-15)18-20-16(2,3)17(4,5)21-18/h6,9-11,13H,1,7-8,12H2,2-5H3. The van der Waals surface area contributed by atoms with Crippen LogP contribution in [0.5, 0.6) is 5.75 Å². The molecule has 0 aliphatic carbocycles. The molecule has 0 spiro atoms. The summed E-state index contributed by atoms with van der Waals surface area (Å²) >= 11 is 0. The number of rotatable bonds is 6. The Morgan fingerprint density at radius 2 is 1.86 bits per heavy atom. The van der Waals surface area contributed by atoms with Crippen LogP contribution in [0.2, 0.25) is 0 Å². The number of hydrogen-bond donors (Lipinski definition) is 0. The van der Waals surface area contributed by atoms with E-state index in [4.69, 9.17) is 14.0 Å². The molecule has 3 nitrogen and oxygen atoms in total. The Labute approximate surface area is 128 Å². The molecule has 0 bridgehead atoms. The van der Waals surface area contributed by atoms with E-state index in [9.17, 15) is 0 Å². The molecule has 114 valence electrons. The maximum atomic E-state index is 6.06. The van der Waals surface area contributed by atoms with Crippen LogP contribution in [0.15, 0.2) is 36.9 Å². The minimum Gasteiger partial charge on any atom is -0.494 e. The van der Waals surface area contributed by atoms with Crippen molar-refractivity contribution in [3.05, 3.63) is 36.9 Å². The van der Waals surface area contributed by atoms with Crippen molar-refractivity contribution in [3.63, 3.8) is 0 Å². The fourth-order valence-corrected chi connectivity index (χ4v) is 2.15. The summed E-state index contributed by atoms with van der Waals surface area (Å²) in [6.07, 6.45) is 3.85. The fraction of sp³-hybridized carbons (Fsp3) is 0.529. The van der Waals surface area contributed by atoms with Gasteiger partial charge in [0.05, 0.1) is 17.8 Å². The molecular weight excluding hydrogens is 263 g/mol. The van der Waals surface area contributed by atoms with Gasteiger partial charge in [-0.1, -0.05) is 18.2 Å². The van der Waals surface area contributed by atoms with Crippen LogP contribution >= 0.6 is 0 Å². The fourth-order valence-electron chi connectivity index (χ4n) is 2.15. The number of benzene rings is 1. The minimum atomic E-state index is -0.341. The summed E-state index contributed by atoms with van der Waals surface area (Å²) in [4.78, 5) is 0. The Morgan fingerprint density at radius 1 is 1.19 bits per heavy atom. The Kier molecular flexibility index (Phi) is 4.79. The first-order valence-electron chi connectivity index (χ1n) is 7.55. The van der Waals surface area contributed by atoms with Crippen molar-refractivity contribution in [2.75, 3.05) is 6.61 Å². The van der Waals surface area contributed by atoms with E-state index in [-0.39, 0.29) is 18.3 Å². The average molecular weight is 288 g/mol. The van der Waals surface area contributed by atoms with Gasteiger partial charge < -0.3 is 14.0 Å². The predicted octanol–water partition coefficient (Wildman–Crippen LogP) is 3.33. The SMILES string of the molecule is C=CCCCOc1cccc(B2OC(C)(C)C(C)(C)O2)c1. The lowest BCUT2D eigenvalue weighted by atomic mass is 9.79. The van der Waals surface area contributed by atoms with Crippen molar-refractivity contribution in [2.45, 2.75) is 51.7 Å². The van der Waals surface area contributed by atoms with Gasteiger partial charge in [-0.15, -0.1) is 6.58 Å². The van der Waals surface area contributed by atoms with Crippen LogP contribution < -0.4 is 10.2 Å². The summed E-state index contributed by atoms with van der Waals surface area (Å²) in [5.74, 6) is 0.853. The van der Waals surface area contributed by atoms with Crippen LogP contribution in [0, 0.1) is 0 Å². The van der Waals surface area contributed by atoms with E-state index < -0.39 is 0 Å². The number of ether oxygens (including phenoxy) is 1. The first kappa shape index (κ1) is 16.1. The first-order valence-corrected chi connectivity index (χ1v) is 7.55. The summed E-state index contributed by atoms with van der Waals surface area (Å²) < 4.78 is 17.9. The number of allylic oxidation sites excluding steroid dienone is 1. The second kappa shape index (κ2) is 6.24. The third kappa shape index (κ3) is 3.69. The molecule has 0 aromatic heterocycles. The molecule has 4 heteroatoms. The van der Waals surface area contributed by atoms with Crippen molar-refractivity contribution in [1.82, 2.24) is 0 Å². The van der Waals surface area contributed by atoms with Crippen LogP contribution in [0.4, 0.5) is 0 Å². The highest BCUT2D eigenvalue weighted by molar-refractivity contribution is 6.62. The third-order valence-electron chi connectivity index (χ3n) is 4.20. The van der Waals surface area contributed by atoms with Crippen LogP contribution in [0.1, 0.15) is 40.5 Å². The van der Waals surface area contributed by atoms with Gasteiger partial charge in [0.25, 0.3) is 0 Å². The molecule has 21 heavy (non-hydrogen) atoms. The van der Waals surface area contributed by atoms with E-state index in [2.05, 4.69) is 34.3 Å². The van der Waals surface area contributed by atoms with Gasteiger partial charge in [0.2, 0.25) is 0 Å². The van der Waals surface area contributed by atoms with E-state index >= 15 is 0 Å². The Bertz CT molecular complexity index is 481. The van der Waals surface area contributed by atoms with Crippen molar-refractivity contribution in [1.29, 1.82) is 0 Å². The van der Waals surface area contributed by atoms with Crippen LogP contribution in [0.25, 0.3) is 0 Å². The largest absolute Gasteiger partial charge is 0.494 e. The zero-order chi connectivity index (χ0) is 15.5. The van der Waals surface area contributed by atoms with Crippen molar-refractivity contribution < 1.29 is 14.0 Å². The lowest BCUT2D eigenvalue weighted by Crippen LogP contribution is -2.41. The molecule has 1 aliphatic rings. The third-order valence-corrected chi connectivity index (χ3v) is 4.20. The summed E-state index contributed by atoms with van der Waals surface area (Å²) in [5.41, 5.74) is 0.353. The van der Waals surface area contributed by atoms with Gasteiger partial charge in [0.15, 0.2) is 0 Å². The summed E-state index contributed by atoms with van der Waals surface area (Å²) in [5, 5.41) is 0. The Hall–Kier alpha value is -1.26.